The Morgan fingerprint density at radius 1 is 1.00 bits per heavy atom. The zero-order valence-corrected chi connectivity index (χ0v) is 9.60. The van der Waals surface area contributed by atoms with Gasteiger partial charge in [-0.25, -0.2) is 0 Å². The van der Waals surface area contributed by atoms with E-state index in [0.29, 0.717) is 12.1 Å². The molecule has 1 aliphatic rings. The Balaban J connectivity index is 2.54. The lowest BCUT2D eigenvalue weighted by molar-refractivity contribution is -0.143. The van der Waals surface area contributed by atoms with Crippen LogP contribution in [0.1, 0.15) is 22.8 Å². The van der Waals surface area contributed by atoms with E-state index in [-0.39, 0.29) is 12.8 Å². The van der Waals surface area contributed by atoms with Crippen LogP contribution in [0.2, 0.25) is 0 Å². The molecule has 0 radical (unpaired) electrons. The van der Waals surface area contributed by atoms with Crippen molar-refractivity contribution in [2.75, 3.05) is 6.73 Å². The lowest BCUT2D eigenvalue weighted by Gasteiger charge is -2.15. The average molecular weight is 299 g/mol. The van der Waals surface area contributed by atoms with Crippen LogP contribution in [0.15, 0.2) is 18.2 Å². The van der Waals surface area contributed by atoms with Crippen molar-refractivity contribution in [2.45, 2.75) is 18.5 Å². The number of ether oxygens (including phenoxy) is 1. The molecule has 20 heavy (non-hydrogen) atoms. The minimum atomic E-state index is -4.95. The van der Waals surface area contributed by atoms with Crippen molar-refractivity contribution >= 4 is 5.91 Å². The van der Waals surface area contributed by atoms with Crippen LogP contribution in [0.5, 0.6) is 0 Å². The molecule has 0 spiro atoms. The minimum Gasteiger partial charge on any atom is -0.343 e. The van der Waals surface area contributed by atoms with Crippen LogP contribution in [0, 0.1) is 0 Å². The van der Waals surface area contributed by atoms with Gasteiger partial charge in [0.25, 0.3) is 5.91 Å². The Hall–Kier alpha value is -1.77. The normalized spacial score (nSPS) is 20.1. The Bertz CT molecular complexity index is 504. The van der Waals surface area contributed by atoms with E-state index >= 15 is 0 Å². The fraction of sp³-hybridized carbons (Fsp3) is 0.364. The number of rotatable bonds is 1. The van der Waals surface area contributed by atoms with Crippen molar-refractivity contribution in [2.24, 2.45) is 0 Å². The van der Waals surface area contributed by atoms with Gasteiger partial charge in [-0.15, -0.1) is 0 Å². The monoisotopic (exact) mass is 299 g/mol. The molecule has 0 aromatic heterocycles. The molecule has 3 nitrogen and oxygen atoms in total. The molecular formula is C11H7F6NO2. The fourth-order valence-electron chi connectivity index (χ4n) is 1.74. The lowest BCUT2D eigenvalue weighted by Crippen LogP contribution is -2.19. The van der Waals surface area contributed by atoms with Gasteiger partial charge in [-0.05, 0) is 23.8 Å². The van der Waals surface area contributed by atoms with E-state index in [9.17, 15) is 31.1 Å². The van der Waals surface area contributed by atoms with Crippen molar-refractivity contribution in [1.29, 1.82) is 0 Å². The molecule has 1 atom stereocenters. The molecule has 1 amide bonds. The first-order chi connectivity index (χ1) is 9.09. The van der Waals surface area contributed by atoms with Crippen molar-refractivity contribution < 1.29 is 35.9 Å². The largest absolute Gasteiger partial charge is 0.416 e. The maximum Gasteiger partial charge on any atom is 0.416 e. The summed E-state index contributed by atoms with van der Waals surface area (Å²) in [6.07, 6.45) is -11.4. The average Bonchev–Trinajstić information content (AvgIpc) is 2.72. The van der Waals surface area contributed by atoms with Crippen LogP contribution in [-0.4, -0.2) is 12.6 Å². The van der Waals surface area contributed by atoms with Gasteiger partial charge in [-0.1, -0.05) is 0 Å². The van der Waals surface area contributed by atoms with Crippen LogP contribution in [0.3, 0.4) is 0 Å². The number of amides is 1. The first kappa shape index (κ1) is 14.6. The van der Waals surface area contributed by atoms with E-state index in [2.05, 4.69) is 5.32 Å². The van der Waals surface area contributed by atoms with E-state index in [1.165, 1.54) is 0 Å². The highest BCUT2D eigenvalue weighted by molar-refractivity contribution is 5.83. The van der Waals surface area contributed by atoms with Crippen LogP contribution in [0.4, 0.5) is 26.3 Å². The van der Waals surface area contributed by atoms with Crippen LogP contribution in [-0.2, 0) is 21.9 Å². The molecule has 2 rings (SSSR count). The summed E-state index contributed by atoms with van der Waals surface area (Å²) in [5.74, 6) is -0.780. The Morgan fingerprint density at radius 3 is 1.85 bits per heavy atom. The van der Waals surface area contributed by atoms with Gasteiger partial charge in [0.2, 0.25) is 0 Å². The SMILES string of the molecule is O=C1NCO[C@@H]1c1cc(C(F)(F)F)cc(C(F)(F)F)c1. The summed E-state index contributed by atoms with van der Waals surface area (Å²) in [5.41, 5.74) is -3.45. The van der Waals surface area contributed by atoms with E-state index in [4.69, 9.17) is 4.74 Å². The zero-order valence-electron chi connectivity index (χ0n) is 9.60. The second kappa shape index (κ2) is 4.65. The third kappa shape index (κ3) is 2.87. The highest BCUT2D eigenvalue weighted by atomic mass is 19.4. The number of alkyl halides is 6. The van der Waals surface area contributed by atoms with Crippen molar-refractivity contribution in [1.82, 2.24) is 5.32 Å². The summed E-state index contributed by atoms with van der Waals surface area (Å²) in [5, 5.41) is 2.16. The molecular weight excluding hydrogens is 292 g/mol. The Labute approximate surface area is 108 Å². The van der Waals surface area contributed by atoms with Crippen molar-refractivity contribution in [3.8, 4) is 0 Å². The first-order valence-corrected chi connectivity index (χ1v) is 5.28. The van der Waals surface area contributed by atoms with Gasteiger partial charge < -0.3 is 10.1 Å². The Kier molecular flexibility index (Phi) is 3.41. The number of halogens is 6. The van der Waals surface area contributed by atoms with E-state index in [1.54, 1.807) is 0 Å². The van der Waals surface area contributed by atoms with E-state index in [0.717, 1.165) is 0 Å². The Morgan fingerprint density at radius 2 is 1.50 bits per heavy atom. The summed E-state index contributed by atoms with van der Waals surface area (Å²) in [4.78, 5) is 11.3. The van der Waals surface area contributed by atoms with E-state index < -0.39 is 41.1 Å². The summed E-state index contributed by atoms with van der Waals surface area (Å²) < 4.78 is 80.5. The summed E-state index contributed by atoms with van der Waals surface area (Å²) in [6.45, 7) is -0.263. The van der Waals surface area contributed by atoms with Crippen molar-refractivity contribution in [3.63, 3.8) is 0 Å². The molecule has 110 valence electrons. The predicted octanol–water partition coefficient (Wildman–Crippen LogP) is 2.87. The van der Waals surface area contributed by atoms with Crippen LogP contribution in [0.25, 0.3) is 0 Å². The van der Waals surface area contributed by atoms with Gasteiger partial charge in [0.05, 0.1) is 11.1 Å². The molecule has 1 saturated heterocycles. The second-order valence-electron chi connectivity index (χ2n) is 4.07. The maximum absolute atomic E-state index is 12.6. The highest BCUT2D eigenvalue weighted by Gasteiger charge is 2.39. The zero-order chi connectivity index (χ0) is 15.1. The highest BCUT2D eigenvalue weighted by Crippen LogP contribution is 2.38. The standard InChI is InChI=1S/C11H7F6NO2/c12-10(13,14)6-1-5(8-9(19)18-4-20-8)2-7(3-6)11(15,16)17/h1-3,8H,4H2,(H,18,19)/t8-/m1/s1. The van der Waals surface area contributed by atoms with Gasteiger partial charge in [-0.2, -0.15) is 26.3 Å². The number of hydrogen-bond acceptors (Lipinski definition) is 2. The molecule has 0 unspecified atom stereocenters. The topological polar surface area (TPSA) is 38.3 Å². The third-order valence-corrected chi connectivity index (χ3v) is 2.65. The number of benzene rings is 1. The number of nitrogens with one attached hydrogen (secondary N) is 1. The summed E-state index contributed by atoms with van der Waals surface area (Å²) in [6, 6.07) is 0.950. The maximum atomic E-state index is 12.6. The molecule has 1 aromatic rings. The minimum absolute atomic E-state index is 0.00361. The molecule has 9 heteroatoms. The molecule has 0 bridgehead atoms. The van der Waals surface area contributed by atoms with Gasteiger partial charge in [0.1, 0.15) is 6.73 Å². The molecule has 1 heterocycles. The second-order valence-corrected chi connectivity index (χ2v) is 4.07. The van der Waals surface area contributed by atoms with Gasteiger partial charge in [0, 0.05) is 0 Å². The summed E-state index contributed by atoms with van der Waals surface area (Å²) >= 11 is 0. The molecule has 1 fully saturated rings. The molecule has 1 aromatic carbocycles. The van der Waals surface area contributed by atoms with Crippen LogP contribution < -0.4 is 5.32 Å². The van der Waals surface area contributed by atoms with Crippen LogP contribution >= 0.6 is 0 Å². The van der Waals surface area contributed by atoms with Gasteiger partial charge in [0.15, 0.2) is 6.10 Å². The predicted molar refractivity (Wildman–Crippen MR) is 53.3 cm³/mol. The number of carbonyl (C=O) groups is 1. The van der Waals surface area contributed by atoms with E-state index in [1.807, 2.05) is 0 Å². The lowest BCUT2D eigenvalue weighted by atomic mass is 10.0. The quantitative estimate of drug-likeness (QED) is 0.810. The third-order valence-electron chi connectivity index (χ3n) is 2.65. The molecule has 1 N–H and O–H groups in total. The molecule has 1 aliphatic heterocycles. The fourth-order valence-corrected chi connectivity index (χ4v) is 1.74. The summed E-state index contributed by atoms with van der Waals surface area (Å²) in [7, 11) is 0. The van der Waals surface area contributed by atoms with Gasteiger partial charge in [-0.3, -0.25) is 4.79 Å². The molecule has 0 aliphatic carbocycles. The first-order valence-electron chi connectivity index (χ1n) is 5.28. The van der Waals surface area contributed by atoms with Crippen molar-refractivity contribution in [3.05, 3.63) is 34.9 Å². The number of hydrogen-bond donors (Lipinski definition) is 1. The number of carbonyl (C=O) groups excluding carboxylic acids is 1. The van der Waals surface area contributed by atoms with Gasteiger partial charge >= 0.3 is 12.4 Å². The smallest absolute Gasteiger partial charge is 0.343 e. The molecule has 0 saturated carbocycles.